The second-order valence-corrected chi connectivity index (χ2v) is 9.24. The molecule has 0 aliphatic heterocycles. The summed E-state index contributed by atoms with van der Waals surface area (Å²) in [7, 11) is -2.01. The van der Waals surface area contributed by atoms with E-state index in [1.54, 1.807) is 24.3 Å². The molecular weight excluding hydrogens is 384 g/mol. The van der Waals surface area contributed by atoms with Crippen molar-refractivity contribution in [2.75, 3.05) is 12.8 Å². The van der Waals surface area contributed by atoms with Crippen molar-refractivity contribution in [1.82, 2.24) is 4.31 Å². The monoisotopic (exact) mass is 394 g/mol. The summed E-state index contributed by atoms with van der Waals surface area (Å²) >= 11 is 10.2. The SMILES string of the molecule is CN(Cc1ccc(N)cc1)S(=O)(=O)c1cc(Cl)c(Br)s1. The van der Waals surface area contributed by atoms with Gasteiger partial charge in [-0.1, -0.05) is 23.7 Å². The van der Waals surface area contributed by atoms with Gasteiger partial charge in [0.2, 0.25) is 0 Å². The molecule has 0 saturated carbocycles. The Kier molecular flexibility index (Phi) is 4.76. The minimum absolute atomic E-state index is 0.215. The molecule has 108 valence electrons. The molecule has 0 radical (unpaired) electrons. The molecule has 20 heavy (non-hydrogen) atoms. The first-order chi connectivity index (χ1) is 9.30. The lowest BCUT2D eigenvalue weighted by Crippen LogP contribution is -2.25. The molecule has 4 nitrogen and oxygen atoms in total. The van der Waals surface area contributed by atoms with Gasteiger partial charge in [-0.3, -0.25) is 0 Å². The van der Waals surface area contributed by atoms with Crippen molar-refractivity contribution in [3.05, 3.63) is 44.7 Å². The molecule has 0 unspecified atom stereocenters. The topological polar surface area (TPSA) is 63.4 Å². The van der Waals surface area contributed by atoms with Crippen LogP contribution in [-0.4, -0.2) is 19.8 Å². The highest BCUT2D eigenvalue weighted by Gasteiger charge is 2.24. The van der Waals surface area contributed by atoms with Crippen molar-refractivity contribution in [3.63, 3.8) is 0 Å². The zero-order chi connectivity index (χ0) is 14.9. The van der Waals surface area contributed by atoms with E-state index in [0.29, 0.717) is 14.5 Å². The quantitative estimate of drug-likeness (QED) is 0.805. The van der Waals surface area contributed by atoms with Gasteiger partial charge in [0.05, 0.1) is 8.81 Å². The lowest BCUT2D eigenvalue weighted by Gasteiger charge is -2.16. The molecule has 1 aromatic heterocycles. The average molecular weight is 396 g/mol. The molecule has 0 amide bonds. The molecule has 1 heterocycles. The van der Waals surface area contributed by atoms with Gasteiger partial charge < -0.3 is 5.73 Å². The van der Waals surface area contributed by atoms with Gasteiger partial charge in [0.1, 0.15) is 4.21 Å². The molecule has 1 aromatic carbocycles. The van der Waals surface area contributed by atoms with E-state index >= 15 is 0 Å². The summed E-state index contributed by atoms with van der Waals surface area (Å²) in [6, 6.07) is 8.55. The van der Waals surface area contributed by atoms with Gasteiger partial charge in [-0.2, -0.15) is 4.31 Å². The molecule has 0 bridgehead atoms. The molecule has 0 aliphatic carbocycles. The standard InChI is InChI=1S/C12H12BrClN2O2S2/c1-16(7-8-2-4-9(15)5-3-8)20(17,18)11-6-10(14)12(13)19-11/h2-6H,7,15H2,1H3. The molecule has 0 aliphatic rings. The Morgan fingerprint density at radius 3 is 2.45 bits per heavy atom. The first kappa shape index (κ1) is 15.8. The number of thiophene rings is 1. The Bertz CT molecular complexity index is 694. The van der Waals surface area contributed by atoms with Crippen molar-refractivity contribution < 1.29 is 8.42 Å². The van der Waals surface area contributed by atoms with Crippen LogP contribution in [0.5, 0.6) is 0 Å². The van der Waals surface area contributed by atoms with Crippen LogP contribution < -0.4 is 5.73 Å². The summed E-state index contributed by atoms with van der Waals surface area (Å²) < 4.78 is 26.9. The predicted molar refractivity (Wildman–Crippen MR) is 86.5 cm³/mol. The van der Waals surface area contributed by atoms with Gasteiger partial charge in [-0.15, -0.1) is 11.3 Å². The first-order valence-corrected chi connectivity index (χ1v) is 8.99. The van der Waals surface area contributed by atoms with E-state index in [0.717, 1.165) is 16.9 Å². The number of sulfonamides is 1. The van der Waals surface area contributed by atoms with Crippen molar-refractivity contribution in [3.8, 4) is 0 Å². The second kappa shape index (κ2) is 6.03. The van der Waals surface area contributed by atoms with Crippen LogP contribution in [0.3, 0.4) is 0 Å². The molecule has 0 spiro atoms. The maximum Gasteiger partial charge on any atom is 0.252 e. The van der Waals surface area contributed by atoms with Crippen LogP contribution in [0.25, 0.3) is 0 Å². The smallest absolute Gasteiger partial charge is 0.252 e. The fourth-order valence-electron chi connectivity index (χ4n) is 1.57. The van der Waals surface area contributed by atoms with Gasteiger partial charge >= 0.3 is 0 Å². The van der Waals surface area contributed by atoms with Gasteiger partial charge in [-0.05, 0) is 39.7 Å². The Labute approximate surface area is 135 Å². The lowest BCUT2D eigenvalue weighted by molar-refractivity contribution is 0.468. The van der Waals surface area contributed by atoms with Crippen molar-refractivity contribution in [2.45, 2.75) is 10.8 Å². The third-order valence-corrected chi connectivity index (χ3v) is 7.40. The molecule has 8 heteroatoms. The van der Waals surface area contributed by atoms with Crippen molar-refractivity contribution in [1.29, 1.82) is 0 Å². The van der Waals surface area contributed by atoms with Crippen LogP contribution in [-0.2, 0) is 16.6 Å². The normalized spacial score (nSPS) is 12.0. The van der Waals surface area contributed by atoms with Crippen LogP contribution in [0.4, 0.5) is 5.69 Å². The molecule has 0 fully saturated rings. The summed E-state index contributed by atoms with van der Waals surface area (Å²) in [5, 5.41) is 0.398. The Balaban J connectivity index is 2.23. The van der Waals surface area contributed by atoms with Crippen LogP contribution in [0.15, 0.2) is 38.3 Å². The van der Waals surface area contributed by atoms with E-state index in [1.807, 2.05) is 0 Å². The summed E-state index contributed by atoms with van der Waals surface area (Å²) in [5.41, 5.74) is 7.12. The number of benzene rings is 1. The summed E-state index contributed by atoms with van der Waals surface area (Å²) in [5.74, 6) is 0. The van der Waals surface area contributed by atoms with E-state index in [9.17, 15) is 8.42 Å². The molecule has 2 N–H and O–H groups in total. The number of hydrogen-bond donors (Lipinski definition) is 1. The summed E-state index contributed by atoms with van der Waals surface area (Å²) in [6.45, 7) is 0.274. The summed E-state index contributed by atoms with van der Waals surface area (Å²) in [6.07, 6.45) is 0. The molecule has 0 atom stereocenters. The molecule has 2 rings (SSSR count). The number of hydrogen-bond acceptors (Lipinski definition) is 4. The van der Waals surface area contributed by atoms with Gasteiger partial charge in [0.25, 0.3) is 10.0 Å². The van der Waals surface area contributed by atoms with E-state index < -0.39 is 10.0 Å². The van der Waals surface area contributed by atoms with Crippen LogP contribution in [0.1, 0.15) is 5.56 Å². The third-order valence-electron chi connectivity index (χ3n) is 2.67. The van der Waals surface area contributed by atoms with E-state index in [-0.39, 0.29) is 10.8 Å². The Morgan fingerprint density at radius 2 is 1.95 bits per heavy atom. The molecule has 2 aromatic rings. The minimum atomic E-state index is -3.54. The minimum Gasteiger partial charge on any atom is -0.399 e. The predicted octanol–water partition coefficient (Wildman–Crippen LogP) is 3.57. The van der Waals surface area contributed by atoms with Gasteiger partial charge in [-0.25, -0.2) is 8.42 Å². The Morgan fingerprint density at radius 1 is 1.35 bits per heavy atom. The van der Waals surface area contributed by atoms with Gasteiger partial charge in [0.15, 0.2) is 0 Å². The number of nitrogen functional groups attached to an aromatic ring is 1. The fourth-order valence-corrected chi connectivity index (χ4v) is 5.34. The highest BCUT2D eigenvalue weighted by molar-refractivity contribution is 9.11. The molecule has 0 saturated heterocycles. The van der Waals surface area contributed by atoms with E-state index in [2.05, 4.69) is 15.9 Å². The zero-order valence-corrected chi connectivity index (χ0v) is 14.5. The Hall–Kier alpha value is -0.600. The maximum absolute atomic E-state index is 12.4. The van der Waals surface area contributed by atoms with Crippen LogP contribution in [0, 0.1) is 0 Å². The summed E-state index contributed by atoms with van der Waals surface area (Å²) in [4.78, 5) is 0. The molecular formula is C12H12BrClN2O2S2. The van der Waals surface area contributed by atoms with Crippen LogP contribution in [0.2, 0.25) is 5.02 Å². The second-order valence-electron chi connectivity index (χ2n) is 4.19. The maximum atomic E-state index is 12.4. The highest BCUT2D eigenvalue weighted by Crippen LogP contribution is 2.35. The lowest BCUT2D eigenvalue weighted by atomic mass is 10.2. The zero-order valence-electron chi connectivity index (χ0n) is 10.5. The highest BCUT2D eigenvalue weighted by atomic mass is 79.9. The van der Waals surface area contributed by atoms with E-state index in [1.165, 1.54) is 17.4 Å². The number of anilines is 1. The fraction of sp³-hybridized carbons (Fsp3) is 0.167. The number of nitrogens with two attached hydrogens (primary N) is 1. The third kappa shape index (κ3) is 3.35. The number of rotatable bonds is 4. The van der Waals surface area contributed by atoms with Crippen LogP contribution >= 0.6 is 38.9 Å². The number of halogens is 2. The van der Waals surface area contributed by atoms with E-state index in [4.69, 9.17) is 17.3 Å². The van der Waals surface area contributed by atoms with Crippen molar-refractivity contribution in [2.24, 2.45) is 0 Å². The van der Waals surface area contributed by atoms with Crippen molar-refractivity contribution >= 4 is 54.6 Å². The number of nitrogens with zero attached hydrogens (tertiary/aromatic N) is 1. The average Bonchev–Trinajstić information content (AvgIpc) is 2.73. The van der Waals surface area contributed by atoms with Gasteiger partial charge in [0, 0.05) is 19.3 Å². The largest absolute Gasteiger partial charge is 0.399 e. The first-order valence-electron chi connectivity index (χ1n) is 5.56.